The highest BCUT2D eigenvalue weighted by molar-refractivity contribution is 7.87. The van der Waals surface area contributed by atoms with Crippen molar-refractivity contribution in [2.45, 2.75) is 32.7 Å². The van der Waals surface area contributed by atoms with Crippen LogP contribution in [0.15, 0.2) is 0 Å². The van der Waals surface area contributed by atoms with Crippen LogP contribution in [0, 0.1) is 0 Å². The maximum Gasteiger partial charge on any atom is 0.302 e. The summed E-state index contributed by atoms with van der Waals surface area (Å²) in [7, 11) is -3.46. The van der Waals surface area contributed by atoms with E-state index in [0.29, 0.717) is 13.2 Å². The van der Waals surface area contributed by atoms with Crippen LogP contribution >= 0.6 is 0 Å². The molecule has 0 bridgehead atoms. The zero-order chi connectivity index (χ0) is 10.1. The molecule has 0 amide bonds. The summed E-state index contributed by atoms with van der Waals surface area (Å²) in [4.78, 5) is 4.95. The maximum atomic E-state index is 11.5. The van der Waals surface area contributed by atoms with Gasteiger partial charge >= 0.3 is 10.2 Å². The van der Waals surface area contributed by atoms with Gasteiger partial charge in [0.1, 0.15) is 0 Å². The number of hydrogen-bond donors (Lipinski definition) is 1. The van der Waals surface area contributed by atoms with Gasteiger partial charge in [-0.1, -0.05) is 4.47 Å². The van der Waals surface area contributed by atoms with E-state index in [2.05, 4.69) is 4.72 Å². The molecule has 0 unspecified atom stereocenters. The van der Waals surface area contributed by atoms with Crippen molar-refractivity contribution in [1.29, 1.82) is 0 Å². The van der Waals surface area contributed by atoms with Crippen LogP contribution in [-0.2, 0) is 15.0 Å². The topological polar surface area (TPSA) is 58.6 Å². The third-order valence-corrected chi connectivity index (χ3v) is 3.12. The molecule has 5 nitrogen and oxygen atoms in total. The van der Waals surface area contributed by atoms with Gasteiger partial charge in [0.15, 0.2) is 0 Å². The summed E-state index contributed by atoms with van der Waals surface area (Å²) in [5.74, 6) is 0. The highest BCUT2D eigenvalue weighted by Crippen LogP contribution is 2.12. The van der Waals surface area contributed by atoms with Crippen molar-refractivity contribution < 1.29 is 13.3 Å². The Morgan fingerprint density at radius 2 is 2.00 bits per heavy atom. The lowest BCUT2D eigenvalue weighted by Crippen LogP contribution is -2.47. The molecule has 1 rings (SSSR count). The molecular weight excluding hydrogens is 192 g/mol. The number of hydrogen-bond acceptors (Lipinski definition) is 3. The van der Waals surface area contributed by atoms with Crippen molar-refractivity contribution >= 4 is 10.2 Å². The van der Waals surface area contributed by atoms with Crippen LogP contribution < -0.4 is 4.72 Å². The number of nitrogens with zero attached hydrogens (tertiary/aromatic N) is 1. The van der Waals surface area contributed by atoms with Gasteiger partial charge in [0.2, 0.25) is 0 Å². The van der Waals surface area contributed by atoms with Crippen LogP contribution in [0.5, 0.6) is 0 Å². The Bertz CT molecular complexity index is 262. The molecule has 0 spiro atoms. The molecule has 0 atom stereocenters. The SMILES string of the molecule is CC(C)(C)NS(=O)(=O)N1CCCO1. The predicted molar refractivity (Wildman–Crippen MR) is 49.1 cm³/mol. The molecule has 0 radical (unpaired) electrons. The normalized spacial score (nSPS) is 20.8. The average molecular weight is 208 g/mol. The fraction of sp³-hybridized carbons (Fsp3) is 1.00. The zero-order valence-corrected chi connectivity index (χ0v) is 9.02. The maximum absolute atomic E-state index is 11.5. The molecule has 1 saturated heterocycles. The van der Waals surface area contributed by atoms with Crippen LogP contribution in [0.1, 0.15) is 27.2 Å². The molecule has 0 saturated carbocycles. The molecule has 13 heavy (non-hydrogen) atoms. The number of nitrogens with one attached hydrogen (secondary N) is 1. The molecule has 0 aromatic heterocycles. The molecule has 0 aromatic carbocycles. The zero-order valence-electron chi connectivity index (χ0n) is 8.20. The summed E-state index contributed by atoms with van der Waals surface area (Å²) in [5.41, 5.74) is -0.467. The van der Waals surface area contributed by atoms with Crippen LogP contribution in [0.2, 0.25) is 0 Å². The van der Waals surface area contributed by atoms with E-state index in [1.165, 1.54) is 0 Å². The predicted octanol–water partition coefficient (Wildman–Crippen LogP) is 0.257. The Kier molecular flexibility index (Phi) is 2.96. The van der Waals surface area contributed by atoms with Gasteiger partial charge in [-0.3, -0.25) is 4.84 Å². The first-order valence-electron chi connectivity index (χ1n) is 4.26. The minimum atomic E-state index is -3.46. The minimum absolute atomic E-state index is 0.436. The van der Waals surface area contributed by atoms with E-state index in [1.807, 2.05) is 0 Å². The monoisotopic (exact) mass is 208 g/mol. The summed E-state index contributed by atoms with van der Waals surface area (Å²) in [6.07, 6.45) is 0.755. The summed E-state index contributed by atoms with van der Waals surface area (Å²) < 4.78 is 26.6. The second-order valence-corrected chi connectivity index (χ2v) is 5.63. The Hall–Kier alpha value is -0.170. The van der Waals surface area contributed by atoms with E-state index in [9.17, 15) is 8.42 Å². The second kappa shape index (κ2) is 3.53. The number of hydroxylamine groups is 1. The van der Waals surface area contributed by atoms with Gasteiger partial charge in [0.05, 0.1) is 6.61 Å². The smallest absolute Gasteiger partial charge is 0.283 e. The van der Waals surface area contributed by atoms with E-state index in [-0.39, 0.29) is 0 Å². The highest BCUT2D eigenvalue weighted by Gasteiger charge is 2.30. The van der Waals surface area contributed by atoms with Gasteiger partial charge in [-0.25, -0.2) is 0 Å². The molecule has 0 aliphatic carbocycles. The Labute approximate surface area is 79.2 Å². The van der Waals surface area contributed by atoms with Crippen molar-refractivity contribution in [3.63, 3.8) is 0 Å². The molecule has 1 heterocycles. The highest BCUT2D eigenvalue weighted by atomic mass is 32.2. The fourth-order valence-electron chi connectivity index (χ4n) is 1.05. The summed E-state index contributed by atoms with van der Waals surface area (Å²) in [6.45, 7) is 6.29. The van der Waals surface area contributed by atoms with Crippen molar-refractivity contribution in [1.82, 2.24) is 9.19 Å². The molecule has 1 aliphatic rings. The van der Waals surface area contributed by atoms with E-state index >= 15 is 0 Å². The van der Waals surface area contributed by atoms with E-state index in [1.54, 1.807) is 20.8 Å². The van der Waals surface area contributed by atoms with Crippen LogP contribution in [0.25, 0.3) is 0 Å². The van der Waals surface area contributed by atoms with Crippen molar-refractivity contribution in [2.24, 2.45) is 0 Å². The van der Waals surface area contributed by atoms with E-state index in [4.69, 9.17) is 4.84 Å². The Balaban J connectivity index is 2.66. The van der Waals surface area contributed by atoms with E-state index < -0.39 is 15.7 Å². The average Bonchev–Trinajstić information content (AvgIpc) is 2.29. The van der Waals surface area contributed by atoms with Crippen molar-refractivity contribution in [3.8, 4) is 0 Å². The fourth-order valence-corrected chi connectivity index (χ4v) is 2.51. The summed E-state index contributed by atoms with van der Waals surface area (Å²) in [6, 6.07) is 0. The largest absolute Gasteiger partial charge is 0.302 e. The molecule has 1 aliphatic heterocycles. The lowest BCUT2D eigenvalue weighted by Gasteiger charge is -2.23. The van der Waals surface area contributed by atoms with Gasteiger partial charge in [-0.2, -0.15) is 13.1 Å². The third kappa shape index (κ3) is 3.22. The first kappa shape index (κ1) is 10.9. The van der Waals surface area contributed by atoms with Gasteiger partial charge < -0.3 is 0 Å². The van der Waals surface area contributed by atoms with Gasteiger partial charge in [0.25, 0.3) is 0 Å². The molecule has 1 fully saturated rings. The molecule has 78 valence electrons. The standard InChI is InChI=1S/C7H16N2O3S/c1-7(2,3)8-13(10,11)9-5-4-6-12-9/h8H,4-6H2,1-3H3. The van der Waals surface area contributed by atoms with Crippen LogP contribution in [0.4, 0.5) is 0 Å². The first-order valence-corrected chi connectivity index (χ1v) is 5.70. The summed E-state index contributed by atoms with van der Waals surface area (Å²) in [5, 5.41) is 0. The quantitative estimate of drug-likeness (QED) is 0.708. The summed E-state index contributed by atoms with van der Waals surface area (Å²) >= 11 is 0. The van der Waals surface area contributed by atoms with Gasteiger partial charge in [-0.05, 0) is 27.2 Å². The third-order valence-electron chi connectivity index (χ3n) is 1.42. The van der Waals surface area contributed by atoms with Gasteiger partial charge in [-0.15, -0.1) is 0 Å². The lowest BCUT2D eigenvalue weighted by atomic mass is 10.1. The van der Waals surface area contributed by atoms with Crippen molar-refractivity contribution in [2.75, 3.05) is 13.2 Å². The van der Waals surface area contributed by atoms with Crippen molar-refractivity contribution in [3.05, 3.63) is 0 Å². The molecule has 0 aromatic rings. The second-order valence-electron chi connectivity index (χ2n) is 4.07. The number of rotatable bonds is 2. The van der Waals surface area contributed by atoms with E-state index in [0.717, 1.165) is 10.9 Å². The van der Waals surface area contributed by atoms with Gasteiger partial charge in [0, 0.05) is 12.1 Å². The molecule has 1 N–H and O–H groups in total. The minimum Gasteiger partial charge on any atom is -0.283 e. The Morgan fingerprint density at radius 1 is 1.38 bits per heavy atom. The Morgan fingerprint density at radius 3 is 2.38 bits per heavy atom. The lowest BCUT2D eigenvalue weighted by molar-refractivity contribution is -0.0303. The molecular formula is C7H16N2O3S. The van der Waals surface area contributed by atoms with Crippen LogP contribution in [0.3, 0.4) is 0 Å². The van der Waals surface area contributed by atoms with Crippen LogP contribution in [-0.4, -0.2) is 31.6 Å². The first-order chi connectivity index (χ1) is 5.81. The molecule has 6 heteroatoms.